The van der Waals surface area contributed by atoms with Gasteiger partial charge in [-0.15, -0.1) is 0 Å². The van der Waals surface area contributed by atoms with Crippen molar-refractivity contribution in [2.45, 2.75) is 12.8 Å². The molecule has 3 aromatic carbocycles. The average molecular weight is 478 g/mol. The number of nitrogens with zero attached hydrogens (tertiary/aromatic N) is 2. The number of hydrogen-bond acceptors (Lipinski definition) is 4. The molecule has 0 radical (unpaired) electrons. The Morgan fingerprint density at radius 2 is 1.53 bits per heavy atom. The van der Waals surface area contributed by atoms with Crippen molar-refractivity contribution >= 4 is 34.9 Å². The third kappa shape index (κ3) is 5.18. The van der Waals surface area contributed by atoms with Crippen molar-refractivity contribution in [2.75, 3.05) is 42.5 Å². The van der Waals surface area contributed by atoms with Crippen molar-refractivity contribution in [1.82, 2.24) is 5.32 Å². The molecular formula is C27H28ClN3O3. The van der Waals surface area contributed by atoms with Crippen molar-refractivity contribution in [1.29, 1.82) is 0 Å². The Balaban J connectivity index is 1.61. The van der Waals surface area contributed by atoms with E-state index < -0.39 is 11.9 Å². The van der Waals surface area contributed by atoms with Gasteiger partial charge in [-0.2, -0.15) is 0 Å². The van der Waals surface area contributed by atoms with Gasteiger partial charge in [-0.25, -0.2) is 4.79 Å². The van der Waals surface area contributed by atoms with Gasteiger partial charge in [-0.3, -0.25) is 4.79 Å². The summed E-state index contributed by atoms with van der Waals surface area (Å²) in [6, 6.07) is 22.5. The van der Waals surface area contributed by atoms with Crippen LogP contribution in [0.4, 0.5) is 11.4 Å². The van der Waals surface area contributed by atoms with Crippen LogP contribution >= 0.6 is 11.6 Å². The minimum Gasteiger partial charge on any atom is -0.478 e. The van der Waals surface area contributed by atoms with Gasteiger partial charge in [0.1, 0.15) is 0 Å². The number of rotatable bonds is 7. The highest BCUT2D eigenvalue weighted by atomic mass is 35.5. The van der Waals surface area contributed by atoms with Crippen LogP contribution in [0.5, 0.6) is 0 Å². The molecule has 34 heavy (non-hydrogen) atoms. The number of carbonyl (C=O) groups excluding carboxylic acids is 1. The van der Waals surface area contributed by atoms with E-state index in [0.29, 0.717) is 6.54 Å². The van der Waals surface area contributed by atoms with E-state index in [1.54, 1.807) is 24.3 Å². The molecule has 1 fully saturated rings. The topological polar surface area (TPSA) is 72.9 Å². The maximum Gasteiger partial charge on any atom is 0.335 e. The van der Waals surface area contributed by atoms with Crippen LogP contribution in [0.25, 0.3) is 0 Å². The highest BCUT2D eigenvalue weighted by Gasteiger charge is 2.28. The summed E-state index contributed by atoms with van der Waals surface area (Å²) < 4.78 is 0. The van der Waals surface area contributed by atoms with Gasteiger partial charge in [0.05, 0.1) is 11.5 Å². The zero-order valence-electron chi connectivity index (χ0n) is 19.1. The van der Waals surface area contributed by atoms with E-state index in [1.165, 1.54) is 0 Å². The summed E-state index contributed by atoms with van der Waals surface area (Å²) in [5, 5.41) is 12.9. The first-order valence-electron chi connectivity index (χ1n) is 11.4. The zero-order chi connectivity index (χ0) is 24.1. The number of benzene rings is 3. The summed E-state index contributed by atoms with van der Waals surface area (Å²) in [4.78, 5) is 29.1. The molecule has 2 N–H and O–H groups in total. The lowest BCUT2D eigenvalue weighted by molar-refractivity contribution is -0.121. The van der Waals surface area contributed by atoms with E-state index in [-0.39, 0.29) is 11.5 Å². The predicted molar refractivity (Wildman–Crippen MR) is 136 cm³/mol. The van der Waals surface area contributed by atoms with E-state index in [9.17, 15) is 14.7 Å². The van der Waals surface area contributed by atoms with Gasteiger partial charge in [-0.05, 0) is 60.5 Å². The number of likely N-dealkylation sites (N-methyl/N-ethyl adjacent to an activating group) is 1. The maximum absolute atomic E-state index is 13.2. The SMILES string of the molecule is CCNC(=O)C(c1ccc(C(=O)O)cc1)c1ccccc1N1CCN(c2ccc(Cl)cc2)CC1. The van der Waals surface area contributed by atoms with Crippen molar-refractivity contribution in [3.05, 3.63) is 94.5 Å². The molecule has 0 bridgehead atoms. The molecule has 1 heterocycles. The fourth-order valence-electron chi connectivity index (χ4n) is 4.44. The molecule has 0 saturated carbocycles. The standard InChI is InChI=1S/C27H28ClN3O3/c1-2-29-26(32)25(19-7-9-20(10-8-19)27(33)34)23-5-3-4-6-24(23)31-17-15-30(16-18-31)22-13-11-21(28)12-14-22/h3-14,25H,2,15-18H2,1H3,(H,29,32)(H,33,34). The summed E-state index contributed by atoms with van der Waals surface area (Å²) in [6.45, 7) is 5.76. The molecule has 0 spiro atoms. The number of halogens is 1. The lowest BCUT2D eigenvalue weighted by atomic mass is 9.88. The van der Waals surface area contributed by atoms with Crippen LogP contribution in [0.1, 0.15) is 34.3 Å². The number of hydrogen-bond donors (Lipinski definition) is 2. The lowest BCUT2D eigenvalue weighted by Crippen LogP contribution is -2.47. The maximum atomic E-state index is 13.2. The van der Waals surface area contributed by atoms with Crippen LogP contribution in [0.15, 0.2) is 72.8 Å². The zero-order valence-corrected chi connectivity index (χ0v) is 19.8. The number of para-hydroxylation sites is 1. The number of aromatic carboxylic acids is 1. The highest BCUT2D eigenvalue weighted by Crippen LogP contribution is 2.34. The monoisotopic (exact) mass is 477 g/mol. The van der Waals surface area contributed by atoms with Gasteiger partial charge in [0.2, 0.25) is 5.91 Å². The van der Waals surface area contributed by atoms with E-state index in [2.05, 4.69) is 21.2 Å². The molecule has 1 amide bonds. The minimum absolute atomic E-state index is 0.0992. The van der Waals surface area contributed by atoms with Gasteiger partial charge in [-0.1, -0.05) is 41.9 Å². The molecule has 1 atom stereocenters. The molecule has 1 unspecified atom stereocenters. The number of anilines is 2. The first-order chi connectivity index (χ1) is 16.5. The van der Waals surface area contributed by atoms with Gasteiger partial charge >= 0.3 is 5.97 Å². The van der Waals surface area contributed by atoms with Crippen LogP contribution < -0.4 is 15.1 Å². The van der Waals surface area contributed by atoms with Gasteiger partial charge < -0.3 is 20.2 Å². The van der Waals surface area contributed by atoms with E-state index in [0.717, 1.165) is 53.7 Å². The van der Waals surface area contributed by atoms with Crippen LogP contribution in [0.2, 0.25) is 5.02 Å². The van der Waals surface area contributed by atoms with Gasteiger partial charge in [0.25, 0.3) is 0 Å². The fourth-order valence-corrected chi connectivity index (χ4v) is 4.57. The van der Waals surface area contributed by atoms with E-state index >= 15 is 0 Å². The Bertz CT molecular complexity index is 1140. The Morgan fingerprint density at radius 1 is 0.912 bits per heavy atom. The molecule has 0 aliphatic carbocycles. The fraction of sp³-hybridized carbons (Fsp3) is 0.259. The normalized spacial score (nSPS) is 14.5. The molecule has 0 aromatic heterocycles. The Hall–Kier alpha value is -3.51. The molecule has 1 aliphatic rings. The van der Waals surface area contributed by atoms with Crippen molar-refractivity contribution in [3.63, 3.8) is 0 Å². The van der Waals surface area contributed by atoms with Crippen LogP contribution in [0.3, 0.4) is 0 Å². The van der Waals surface area contributed by atoms with E-state index in [1.807, 2.05) is 49.4 Å². The summed E-state index contributed by atoms with van der Waals surface area (Å²) >= 11 is 6.03. The van der Waals surface area contributed by atoms with Crippen molar-refractivity contribution in [2.24, 2.45) is 0 Å². The summed E-state index contributed by atoms with van der Waals surface area (Å²) in [7, 11) is 0. The molecule has 1 aliphatic heterocycles. The molecule has 6 nitrogen and oxygen atoms in total. The molecular weight excluding hydrogens is 450 g/mol. The highest BCUT2D eigenvalue weighted by molar-refractivity contribution is 6.30. The second-order valence-electron chi connectivity index (χ2n) is 8.26. The Kier molecular flexibility index (Phi) is 7.38. The first kappa shape index (κ1) is 23.6. The van der Waals surface area contributed by atoms with Gasteiger partial charge in [0.15, 0.2) is 0 Å². The first-order valence-corrected chi connectivity index (χ1v) is 11.8. The van der Waals surface area contributed by atoms with Gasteiger partial charge in [0, 0.05) is 49.1 Å². The van der Waals surface area contributed by atoms with Crippen LogP contribution in [0, 0.1) is 0 Å². The summed E-state index contributed by atoms with van der Waals surface area (Å²) in [5.74, 6) is -1.62. The predicted octanol–water partition coefficient (Wildman–Crippen LogP) is 4.63. The number of carboxylic acid groups (broad SMARTS) is 1. The smallest absolute Gasteiger partial charge is 0.335 e. The van der Waals surface area contributed by atoms with Crippen LogP contribution in [-0.2, 0) is 4.79 Å². The summed E-state index contributed by atoms with van der Waals surface area (Å²) in [5.41, 5.74) is 4.05. The minimum atomic E-state index is -0.986. The number of carboxylic acids is 1. The second-order valence-corrected chi connectivity index (χ2v) is 8.70. The van der Waals surface area contributed by atoms with Crippen molar-refractivity contribution in [3.8, 4) is 0 Å². The molecule has 176 valence electrons. The summed E-state index contributed by atoms with van der Waals surface area (Å²) in [6.07, 6.45) is 0. The molecule has 1 saturated heterocycles. The number of amides is 1. The quantitative estimate of drug-likeness (QED) is 0.519. The van der Waals surface area contributed by atoms with Crippen molar-refractivity contribution < 1.29 is 14.7 Å². The largest absolute Gasteiger partial charge is 0.478 e. The number of carbonyl (C=O) groups is 2. The third-order valence-corrected chi connectivity index (χ3v) is 6.42. The van der Waals surface area contributed by atoms with E-state index in [4.69, 9.17) is 11.6 Å². The number of nitrogens with one attached hydrogen (secondary N) is 1. The lowest BCUT2D eigenvalue weighted by Gasteiger charge is -2.39. The second kappa shape index (κ2) is 10.6. The van der Waals surface area contributed by atoms with Crippen LogP contribution in [-0.4, -0.2) is 49.7 Å². The average Bonchev–Trinajstić information content (AvgIpc) is 2.86. The Labute approximate surface area is 204 Å². The number of piperazine rings is 1. The molecule has 7 heteroatoms. The Morgan fingerprint density at radius 3 is 2.15 bits per heavy atom. The molecule has 4 rings (SSSR count). The third-order valence-electron chi connectivity index (χ3n) is 6.16. The molecule has 3 aromatic rings.